The number of carboxylic acid groups (broad SMARTS) is 1. The number of nitriles is 1. The summed E-state index contributed by atoms with van der Waals surface area (Å²) in [6.45, 7) is 0. The van der Waals surface area contributed by atoms with Gasteiger partial charge >= 0.3 is 5.97 Å². The Morgan fingerprint density at radius 1 is 1.00 bits per heavy atom. The van der Waals surface area contributed by atoms with Crippen LogP contribution in [0, 0.1) is 11.3 Å². The first kappa shape index (κ1) is 15.9. The average molecular weight is 340 g/mol. The van der Waals surface area contributed by atoms with Crippen molar-refractivity contribution in [3.63, 3.8) is 0 Å². The van der Waals surface area contributed by atoms with Gasteiger partial charge < -0.3 is 9.67 Å². The number of carboxylic acids is 1. The molecule has 0 unspecified atom stereocenters. The van der Waals surface area contributed by atoms with Crippen molar-refractivity contribution in [1.82, 2.24) is 4.57 Å². The van der Waals surface area contributed by atoms with Crippen molar-refractivity contribution >= 4 is 27.5 Å². The van der Waals surface area contributed by atoms with Crippen molar-refractivity contribution in [2.45, 2.75) is 12.5 Å². The summed E-state index contributed by atoms with van der Waals surface area (Å²) in [5.41, 5.74) is 1.31. The first-order chi connectivity index (χ1) is 12.7. The number of hydrogen-bond acceptors (Lipinski definition) is 2. The van der Waals surface area contributed by atoms with Gasteiger partial charge in [0, 0.05) is 23.4 Å². The molecule has 126 valence electrons. The van der Waals surface area contributed by atoms with Gasteiger partial charge in [0.25, 0.3) is 0 Å². The Labute approximate surface area is 150 Å². The molecule has 26 heavy (non-hydrogen) atoms. The summed E-state index contributed by atoms with van der Waals surface area (Å²) < 4.78 is 1.60. The van der Waals surface area contributed by atoms with Gasteiger partial charge in [0.15, 0.2) is 0 Å². The van der Waals surface area contributed by atoms with Gasteiger partial charge in [-0.2, -0.15) is 5.26 Å². The SMILES string of the molecule is N#Cc1c2cc3ccccc3cc2cn1[C@@H](Cc1ccccc1)C(=O)O. The largest absolute Gasteiger partial charge is 0.480 e. The molecule has 4 rings (SSSR count). The van der Waals surface area contributed by atoms with E-state index in [2.05, 4.69) is 6.07 Å². The molecule has 1 heterocycles. The number of aliphatic carboxylic acids is 1. The van der Waals surface area contributed by atoms with Crippen molar-refractivity contribution in [2.75, 3.05) is 0 Å². The second-order valence-corrected chi connectivity index (χ2v) is 6.33. The first-order valence-electron chi connectivity index (χ1n) is 8.37. The van der Waals surface area contributed by atoms with E-state index in [4.69, 9.17) is 0 Å². The number of rotatable bonds is 4. The van der Waals surface area contributed by atoms with Crippen molar-refractivity contribution in [1.29, 1.82) is 5.26 Å². The zero-order valence-corrected chi connectivity index (χ0v) is 14.0. The van der Waals surface area contributed by atoms with Gasteiger partial charge in [0.2, 0.25) is 0 Å². The molecule has 0 amide bonds. The standard InChI is InChI=1S/C22H16N2O2/c23-13-21-19-12-17-9-5-4-8-16(17)11-18(19)14-24(21)20(22(25)26)10-15-6-2-1-3-7-15/h1-9,11-12,14,20H,10H2,(H,25,26)/t20-/m0/s1. The maximum Gasteiger partial charge on any atom is 0.327 e. The molecule has 0 aliphatic heterocycles. The van der Waals surface area contributed by atoms with Gasteiger partial charge in [0.05, 0.1) is 0 Å². The van der Waals surface area contributed by atoms with Crippen LogP contribution in [-0.4, -0.2) is 15.6 Å². The fraction of sp³-hybridized carbons (Fsp3) is 0.0909. The molecule has 0 bridgehead atoms. The predicted octanol–water partition coefficient (Wildman–Crippen LogP) is 4.53. The Balaban J connectivity index is 1.89. The molecule has 1 aromatic heterocycles. The monoisotopic (exact) mass is 340 g/mol. The summed E-state index contributed by atoms with van der Waals surface area (Å²) >= 11 is 0. The molecule has 4 nitrogen and oxygen atoms in total. The van der Waals surface area contributed by atoms with E-state index in [0.29, 0.717) is 12.1 Å². The normalized spacial score (nSPS) is 12.1. The molecule has 4 aromatic rings. The van der Waals surface area contributed by atoms with Gasteiger partial charge in [-0.3, -0.25) is 0 Å². The average Bonchev–Trinajstić information content (AvgIpc) is 3.01. The second kappa shape index (κ2) is 6.38. The van der Waals surface area contributed by atoms with Crippen LogP contribution in [0.5, 0.6) is 0 Å². The molecular weight excluding hydrogens is 324 g/mol. The van der Waals surface area contributed by atoms with E-state index in [1.807, 2.05) is 66.7 Å². The number of fused-ring (bicyclic) bond motifs is 2. The molecule has 0 saturated heterocycles. The lowest BCUT2D eigenvalue weighted by molar-refractivity contribution is -0.140. The van der Waals surface area contributed by atoms with Crippen LogP contribution in [0.15, 0.2) is 72.9 Å². The highest BCUT2D eigenvalue weighted by molar-refractivity contribution is 6.00. The Kier molecular flexibility index (Phi) is 3.91. The zero-order valence-electron chi connectivity index (χ0n) is 14.0. The fourth-order valence-corrected chi connectivity index (χ4v) is 3.43. The van der Waals surface area contributed by atoms with Gasteiger partial charge in [-0.05, 0) is 28.5 Å². The third kappa shape index (κ3) is 2.70. The van der Waals surface area contributed by atoms with Crippen molar-refractivity contribution in [3.05, 3.63) is 84.2 Å². The second-order valence-electron chi connectivity index (χ2n) is 6.33. The summed E-state index contributed by atoms with van der Waals surface area (Å²) in [5, 5.41) is 23.3. The van der Waals surface area contributed by atoms with Crippen molar-refractivity contribution in [2.24, 2.45) is 0 Å². The highest BCUT2D eigenvalue weighted by atomic mass is 16.4. The Bertz CT molecular complexity index is 1150. The van der Waals surface area contributed by atoms with Gasteiger partial charge in [-0.25, -0.2) is 4.79 Å². The topological polar surface area (TPSA) is 66.0 Å². The quantitative estimate of drug-likeness (QED) is 0.593. The van der Waals surface area contributed by atoms with Crippen LogP contribution in [0.25, 0.3) is 21.5 Å². The van der Waals surface area contributed by atoms with E-state index < -0.39 is 12.0 Å². The van der Waals surface area contributed by atoms with E-state index in [1.165, 1.54) is 0 Å². The van der Waals surface area contributed by atoms with E-state index in [9.17, 15) is 15.2 Å². The molecule has 0 spiro atoms. The Morgan fingerprint density at radius 3 is 2.31 bits per heavy atom. The highest BCUT2D eigenvalue weighted by Gasteiger charge is 2.24. The molecule has 1 atom stereocenters. The first-order valence-corrected chi connectivity index (χ1v) is 8.37. The lowest BCUT2D eigenvalue weighted by Crippen LogP contribution is -2.22. The number of benzene rings is 3. The predicted molar refractivity (Wildman–Crippen MR) is 101 cm³/mol. The van der Waals surface area contributed by atoms with Crippen LogP contribution in [0.2, 0.25) is 0 Å². The maximum absolute atomic E-state index is 12.0. The molecule has 0 saturated carbocycles. The molecular formula is C22H16N2O2. The Hall–Kier alpha value is -3.58. The summed E-state index contributed by atoms with van der Waals surface area (Å²) in [6.07, 6.45) is 2.10. The van der Waals surface area contributed by atoms with E-state index in [-0.39, 0.29) is 0 Å². The van der Waals surface area contributed by atoms with Crippen LogP contribution in [0.4, 0.5) is 0 Å². The number of carbonyl (C=O) groups is 1. The molecule has 0 radical (unpaired) electrons. The molecule has 4 heteroatoms. The van der Waals surface area contributed by atoms with Crippen LogP contribution < -0.4 is 0 Å². The maximum atomic E-state index is 12.0. The fourth-order valence-electron chi connectivity index (χ4n) is 3.43. The van der Waals surface area contributed by atoms with Crippen LogP contribution in [0.1, 0.15) is 17.3 Å². The van der Waals surface area contributed by atoms with Crippen molar-refractivity contribution < 1.29 is 9.90 Å². The smallest absolute Gasteiger partial charge is 0.327 e. The minimum Gasteiger partial charge on any atom is -0.480 e. The van der Waals surface area contributed by atoms with Crippen molar-refractivity contribution in [3.8, 4) is 6.07 Å². The highest BCUT2D eigenvalue weighted by Crippen LogP contribution is 2.30. The van der Waals surface area contributed by atoms with Crippen LogP contribution in [-0.2, 0) is 11.2 Å². The third-order valence-electron chi connectivity index (χ3n) is 4.71. The van der Waals surface area contributed by atoms with Gasteiger partial charge in [-0.1, -0.05) is 54.6 Å². The third-order valence-corrected chi connectivity index (χ3v) is 4.71. The number of aromatic nitrogens is 1. The number of nitrogens with zero attached hydrogens (tertiary/aromatic N) is 2. The molecule has 3 aromatic carbocycles. The summed E-state index contributed by atoms with van der Waals surface area (Å²) in [6, 6.07) is 22.7. The minimum atomic E-state index is -0.949. The van der Waals surface area contributed by atoms with Gasteiger partial charge in [0.1, 0.15) is 17.8 Å². The minimum absolute atomic E-state index is 0.325. The molecule has 0 aliphatic rings. The Morgan fingerprint density at radius 2 is 1.65 bits per heavy atom. The lowest BCUT2D eigenvalue weighted by atomic mass is 10.1. The summed E-state index contributed by atoms with van der Waals surface area (Å²) in [7, 11) is 0. The zero-order chi connectivity index (χ0) is 18.1. The molecule has 1 N–H and O–H groups in total. The lowest BCUT2D eigenvalue weighted by Gasteiger charge is -2.15. The van der Waals surface area contributed by atoms with Gasteiger partial charge in [-0.15, -0.1) is 0 Å². The van der Waals surface area contributed by atoms with Crippen LogP contribution >= 0.6 is 0 Å². The molecule has 0 aliphatic carbocycles. The molecule has 0 fully saturated rings. The van der Waals surface area contributed by atoms with E-state index >= 15 is 0 Å². The van der Waals surface area contributed by atoms with Crippen LogP contribution in [0.3, 0.4) is 0 Å². The van der Waals surface area contributed by atoms with E-state index in [0.717, 1.165) is 27.1 Å². The summed E-state index contributed by atoms with van der Waals surface area (Å²) in [5.74, 6) is -0.949. The van der Waals surface area contributed by atoms with E-state index in [1.54, 1.807) is 10.8 Å². The number of hydrogen-bond donors (Lipinski definition) is 1. The summed E-state index contributed by atoms with van der Waals surface area (Å²) in [4.78, 5) is 12.0.